The second-order valence-electron chi connectivity index (χ2n) is 8.09. The Morgan fingerprint density at radius 1 is 1.10 bits per heavy atom. The zero-order chi connectivity index (χ0) is 22.0. The molecule has 162 valence electrons. The molecule has 0 saturated carbocycles. The standard InChI is InChI=1S/C24H29N5OS/c1-5-7-20-26-27-24-29(20)28-21(18-10-8-17(6-2)9-11-18)22(31-24)23(30)25-19-13-15(3)12-16(4)14-19/h8-14,21-22,28H,5-7H2,1-4H3,(H,25,30)/t21-,22+/m1/s1. The number of hydrogen-bond donors (Lipinski definition) is 2. The number of nitrogens with zero attached hydrogens (tertiary/aromatic N) is 3. The van der Waals surface area contributed by atoms with Crippen molar-refractivity contribution in [3.05, 3.63) is 70.5 Å². The minimum absolute atomic E-state index is 0.0432. The second kappa shape index (κ2) is 9.14. The lowest BCUT2D eigenvalue weighted by molar-refractivity contribution is -0.116. The zero-order valence-corrected chi connectivity index (χ0v) is 19.3. The predicted octanol–water partition coefficient (Wildman–Crippen LogP) is 4.81. The summed E-state index contributed by atoms with van der Waals surface area (Å²) in [6.07, 6.45) is 2.80. The summed E-state index contributed by atoms with van der Waals surface area (Å²) in [6, 6.07) is 14.4. The fourth-order valence-electron chi connectivity index (χ4n) is 3.96. The summed E-state index contributed by atoms with van der Waals surface area (Å²) in [7, 11) is 0. The maximum absolute atomic E-state index is 13.4. The van der Waals surface area contributed by atoms with E-state index in [0.29, 0.717) is 0 Å². The van der Waals surface area contributed by atoms with Gasteiger partial charge in [0.1, 0.15) is 5.25 Å². The van der Waals surface area contributed by atoms with Gasteiger partial charge in [-0.3, -0.25) is 4.79 Å². The van der Waals surface area contributed by atoms with E-state index in [0.717, 1.165) is 52.6 Å². The maximum atomic E-state index is 13.4. The second-order valence-corrected chi connectivity index (χ2v) is 9.20. The van der Waals surface area contributed by atoms with E-state index in [9.17, 15) is 4.79 Å². The molecule has 0 saturated heterocycles. The molecule has 2 atom stereocenters. The van der Waals surface area contributed by atoms with Crippen molar-refractivity contribution in [2.75, 3.05) is 10.7 Å². The molecule has 0 fully saturated rings. The van der Waals surface area contributed by atoms with E-state index in [4.69, 9.17) is 0 Å². The Morgan fingerprint density at radius 3 is 2.45 bits per heavy atom. The van der Waals surface area contributed by atoms with Crippen LogP contribution in [0.3, 0.4) is 0 Å². The summed E-state index contributed by atoms with van der Waals surface area (Å²) in [4.78, 5) is 13.4. The van der Waals surface area contributed by atoms with Crippen molar-refractivity contribution in [3.63, 3.8) is 0 Å². The molecule has 6 nitrogen and oxygen atoms in total. The molecule has 0 unspecified atom stereocenters. The molecule has 2 N–H and O–H groups in total. The van der Waals surface area contributed by atoms with E-state index < -0.39 is 0 Å². The van der Waals surface area contributed by atoms with Gasteiger partial charge in [0, 0.05) is 12.1 Å². The molecule has 1 aliphatic heterocycles. The number of nitrogens with one attached hydrogen (secondary N) is 2. The van der Waals surface area contributed by atoms with Crippen molar-refractivity contribution in [3.8, 4) is 0 Å². The zero-order valence-electron chi connectivity index (χ0n) is 18.5. The molecule has 3 aromatic rings. The summed E-state index contributed by atoms with van der Waals surface area (Å²) in [5.74, 6) is 0.853. The number of aromatic nitrogens is 3. The molecule has 1 amide bonds. The number of hydrogen-bond acceptors (Lipinski definition) is 5. The van der Waals surface area contributed by atoms with E-state index in [1.54, 1.807) is 0 Å². The van der Waals surface area contributed by atoms with Crippen LogP contribution < -0.4 is 10.7 Å². The molecular weight excluding hydrogens is 406 g/mol. The molecule has 7 heteroatoms. The molecule has 0 spiro atoms. The lowest BCUT2D eigenvalue weighted by Gasteiger charge is -2.33. The first kappa shape index (κ1) is 21.4. The largest absolute Gasteiger partial charge is 0.325 e. The number of carbonyl (C=O) groups is 1. The molecule has 0 bridgehead atoms. The maximum Gasteiger partial charge on any atom is 0.240 e. The van der Waals surface area contributed by atoms with Crippen LogP contribution in [0.5, 0.6) is 0 Å². The van der Waals surface area contributed by atoms with Gasteiger partial charge in [-0.05, 0) is 61.1 Å². The van der Waals surface area contributed by atoms with Gasteiger partial charge < -0.3 is 10.7 Å². The number of thioether (sulfide) groups is 1. The minimum Gasteiger partial charge on any atom is -0.325 e. The van der Waals surface area contributed by atoms with E-state index in [1.165, 1.54) is 17.3 Å². The van der Waals surface area contributed by atoms with Crippen LogP contribution in [0.25, 0.3) is 0 Å². The Balaban J connectivity index is 1.66. The summed E-state index contributed by atoms with van der Waals surface area (Å²) in [6.45, 7) is 8.34. The summed E-state index contributed by atoms with van der Waals surface area (Å²) in [5, 5.41) is 12.1. The van der Waals surface area contributed by atoms with Crippen LogP contribution in [0.1, 0.15) is 54.4 Å². The summed E-state index contributed by atoms with van der Waals surface area (Å²) >= 11 is 1.47. The van der Waals surface area contributed by atoms with Gasteiger partial charge in [-0.15, -0.1) is 10.2 Å². The van der Waals surface area contributed by atoms with E-state index in [1.807, 2.05) is 30.7 Å². The summed E-state index contributed by atoms with van der Waals surface area (Å²) < 4.78 is 1.95. The van der Waals surface area contributed by atoms with Gasteiger partial charge in [0.2, 0.25) is 11.1 Å². The normalized spacial score (nSPS) is 17.7. The van der Waals surface area contributed by atoms with Gasteiger partial charge in [0.25, 0.3) is 0 Å². The fourth-order valence-corrected chi connectivity index (χ4v) is 5.05. The average molecular weight is 436 g/mol. The molecule has 0 radical (unpaired) electrons. The molecule has 2 aromatic carbocycles. The molecule has 1 aliphatic rings. The number of rotatable bonds is 6. The third kappa shape index (κ3) is 4.61. The number of benzene rings is 2. The Labute approximate surface area is 187 Å². The highest BCUT2D eigenvalue weighted by Gasteiger charge is 2.37. The van der Waals surface area contributed by atoms with E-state index >= 15 is 0 Å². The van der Waals surface area contributed by atoms with Gasteiger partial charge in [0.15, 0.2) is 5.82 Å². The van der Waals surface area contributed by atoms with Crippen molar-refractivity contribution in [1.29, 1.82) is 0 Å². The Morgan fingerprint density at radius 2 is 1.81 bits per heavy atom. The van der Waals surface area contributed by atoms with Gasteiger partial charge in [-0.1, -0.05) is 55.9 Å². The first-order valence-corrected chi connectivity index (χ1v) is 11.7. The van der Waals surface area contributed by atoms with Crippen LogP contribution in [-0.2, 0) is 17.6 Å². The van der Waals surface area contributed by atoms with Crippen molar-refractivity contribution in [2.24, 2.45) is 0 Å². The highest BCUT2D eigenvalue weighted by molar-refractivity contribution is 8.00. The van der Waals surface area contributed by atoms with Crippen LogP contribution in [0, 0.1) is 13.8 Å². The van der Waals surface area contributed by atoms with Gasteiger partial charge in [-0.2, -0.15) is 0 Å². The van der Waals surface area contributed by atoms with Gasteiger partial charge in [0.05, 0.1) is 6.04 Å². The number of anilines is 1. The van der Waals surface area contributed by atoms with Crippen LogP contribution in [0.2, 0.25) is 0 Å². The minimum atomic E-state index is -0.375. The van der Waals surface area contributed by atoms with Crippen LogP contribution in [0.4, 0.5) is 5.69 Å². The molecule has 0 aliphatic carbocycles. The Hall–Kier alpha value is -2.80. The molecule has 1 aromatic heterocycles. The van der Waals surface area contributed by atoms with Crippen LogP contribution in [0.15, 0.2) is 47.6 Å². The van der Waals surface area contributed by atoms with Gasteiger partial charge in [-0.25, -0.2) is 4.68 Å². The Kier molecular flexibility index (Phi) is 6.32. The first-order chi connectivity index (χ1) is 15.0. The highest BCUT2D eigenvalue weighted by atomic mass is 32.2. The van der Waals surface area contributed by atoms with Crippen molar-refractivity contribution in [1.82, 2.24) is 14.9 Å². The highest BCUT2D eigenvalue weighted by Crippen LogP contribution is 2.38. The van der Waals surface area contributed by atoms with Crippen LogP contribution >= 0.6 is 11.8 Å². The third-order valence-electron chi connectivity index (χ3n) is 5.47. The van der Waals surface area contributed by atoms with Crippen molar-refractivity contribution in [2.45, 2.75) is 63.4 Å². The van der Waals surface area contributed by atoms with Crippen molar-refractivity contribution < 1.29 is 4.79 Å². The SMILES string of the molecule is CCCc1nnc2n1N[C@H](c1ccc(CC)cc1)[C@@H](C(=O)Nc1cc(C)cc(C)c1)S2. The number of aryl methyl sites for hydroxylation is 4. The van der Waals surface area contributed by atoms with Gasteiger partial charge >= 0.3 is 0 Å². The smallest absolute Gasteiger partial charge is 0.240 e. The van der Waals surface area contributed by atoms with Crippen LogP contribution in [-0.4, -0.2) is 26.0 Å². The lowest BCUT2D eigenvalue weighted by Crippen LogP contribution is -2.41. The monoisotopic (exact) mass is 435 g/mol. The number of fused-ring (bicyclic) bond motifs is 1. The quantitative estimate of drug-likeness (QED) is 0.581. The molecule has 31 heavy (non-hydrogen) atoms. The Bertz CT molecular complexity index is 1060. The molecular formula is C24H29N5OS. The predicted molar refractivity (Wildman–Crippen MR) is 126 cm³/mol. The molecule has 4 rings (SSSR count). The summed E-state index contributed by atoms with van der Waals surface area (Å²) in [5.41, 5.74) is 8.96. The van der Waals surface area contributed by atoms with Crippen molar-refractivity contribution >= 4 is 23.4 Å². The topological polar surface area (TPSA) is 71.8 Å². The molecule has 2 heterocycles. The number of amides is 1. The fraction of sp³-hybridized carbons (Fsp3) is 0.375. The third-order valence-corrected chi connectivity index (χ3v) is 6.69. The van der Waals surface area contributed by atoms with E-state index in [-0.39, 0.29) is 17.2 Å². The average Bonchev–Trinajstić information content (AvgIpc) is 3.14. The lowest BCUT2D eigenvalue weighted by atomic mass is 10.0. The first-order valence-electron chi connectivity index (χ1n) is 10.8. The number of carbonyl (C=O) groups excluding carboxylic acids is 1. The van der Waals surface area contributed by atoms with E-state index in [2.05, 4.69) is 65.1 Å².